The summed E-state index contributed by atoms with van der Waals surface area (Å²) in [6.07, 6.45) is 4.73. The molecule has 2 rings (SSSR count). The van der Waals surface area contributed by atoms with Gasteiger partial charge in [-0.1, -0.05) is 31.0 Å². The zero-order valence-corrected chi connectivity index (χ0v) is 12.0. The number of aliphatic hydroxyl groups excluding tert-OH is 1. The molecule has 1 aliphatic carbocycles. The number of rotatable bonds is 6. The van der Waals surface area contributed by atoms with Crippen molar-refractivity contribution >= 4 is 0 Å². The fraction of sp³-hybridized carbons (Fsp3) is 0.625. The number of methoxy groups -OCH3 is 1. The second-order valence-electron chi connectivity index (χ2n) is 5.62. The van der Waals surface area contributed by atoms with Gasteiger partial charge in [0.1, 0.15) is 5.75 Å². The Balaban J connectivity index is 1.87. The Morgan fingerprint density at radius 3 is 2.68 bits per heavy atom. The lowest BCUT2D eigenvalue weighted by Gasteiger charge is -2.25. The van der Waals surface area contributed by atoms with Crippen molar-refractivity contribution in [1.82, 2.24) is 4.90 Å². The van der Waals surface area contributed by atoms with E-state index in [2.05, 4.69) is 18.0 Å². The van der Waals surface area contributed by atoms with Crippen LogP contribution in [0.3, 0.4) is 0 Å². The minimum atomic E-state index is -0.192. The third-order valence-corrected chi connectivity index (χ3v) is 4.08. The van der Waals surface area contributed by atoms with Gasteiger partial charge in [-0.3, -0.25) is 4.90 Å². The first-order valence-electron chi connectivity index (χ1n) is 7.19. The third kappa shape index (κ3) is 3.95. The molecule has 3 nitrogen and oxygen atoms in total. The van der Waals surface area contributed by atoms with Crippen LogP contribution < -0.4 is 4.74 Å². The molecule has 19 heavy (non-hydrogen) atoms. The van der Waals surface area contributed by atoms with E-state index in [1.54, 1.807) is 7.11 Å². The number of likely N-dealkylation sites (N-methyl/N-ethyl adjacent to an activating group) is 1. The van der Waals surface area contributed by atoms with Crippen molar-refractivity contribution in [2.24, 2.45) is 5.92 Å². The molecule has 1 aliphatic rings. The molecule has 1 saturated carbocycles. The highest BCUT2D eigenvalue weighted by molar-refractivity contribution is 5.32. The topological polar surface area (TPSA) is 32.7 Å². The standard InChI is InChI=1S/C16H25NO2/c1-17(12-15(18)13-7-3-4-8-13)11-14-9-5-6-10-16(14)19-2/h5-6,9-10,13,15,18H,3-4,7-8,11-12H2,1-2H3. The molecule has 1 N–H and O–H groups in total. The third-order valence-electron chi connectivity index (χ3n) is 4.08. The first-order chi connectivity index (χ1) is 9.20. The Kier molecular flexibility index (Phi) is 5.23. The van der Waals surface area contributed by atoms with Crippen LogP contribution in [-0.2, 0) is 6.54 Å². The van der Waals surface area contributed by atoms with Crippen LogP contribution in [0.2, 0.25) is 0 Å². The van der Waals surface area contributed by atoms with Crippen LogP contribution in [0.25, 0.3) is 0 Å². The lowest BCUT2D eigenvalue weighted by Crippen LogP contribution is -2.33. The van der Waals surface area contributed by atoms with E-state index in [1.165, 1.54) is 31.2 Å². The normalized spacial score (nSPS) is 17.9. The molecule has 1 unspecified atom stereocenters. The zero-order valence-electron chi connectivity index (χ0n) is 12.0. The highest BCUT2D eigenvalue weighted by Crippen LogP contribution is 2.28. The number of hydrogen-bond acceptors (Lipinski definition) is 3. The molecule has 0 spiro atoms. The minimum Gasteiger partial charge on any atom is -0.496 e. The largest absolute Gasteiger partial charge is 0.496 e. The van der Waals surface area contributed by atoms with Gasteiger partial charge in [0.25, 0.3) is 0 Å². The fourth-order valence-electron chi connectivity index (χ4n) is 3.00. The van der Waals surface area contributed by atoms with E-state index >= 15 is 0 Å². The summed E-state index contributed by atoms with van der Waals surface area (Å²) in [6, 6.07) is 8.07. The van der Waals surface area contributed by atoms with Crippen molar-refractivity contribution in [3.8, 4) is 5.75 Å². The van der Waals surface area contributed by atoms with Crippen molar-refractivity contribution in [3.63, 3.8) is 0 Å². The Hall–Kier alpha value is -1.06. The molecule has 3 heteroatoms. The summed E-state index contributed by atoms with van der Waals surface area (Å²) >= 11 is 0. The maximum absolute atomic E-state index is 10.3. The predicted octanol–water partition coefficient (Wildman–Crippen LogP) is 2.68. The summed E-state index contributed by atoms with van der Waals surface area (Å²) in [6.45, 7) is 1.55. The van der Waals surface area contributed by atoms with Gasteiger partial charge in [-0.25, -0.2) is 0 Å². The predicted molar refractivity (Wildman–Crippen MR) is 77.3 cm³/mol. The van der Waals surface area contributed by atoms with Crippen LogP contribution in [0.1, 0.15) is 31.2 Å². The van der Waals surface area contributed by atoms with Gasteiger partial charge < -0.3 is 9.84 Å². The zero-order chi connectivity index (χ0) is 13.7. The molecule has 0 amide bonds. The van der Waals surface area contributed by atoms with Crippen LogP contribution in [0, 0.1) is 5.92 Å². The smallest absolute Gasteiger partial charge is 0.123 e. The molecule has 1 aromatic rings. The molecule has 106 valence electrons. The average Bonchev–Trinajstić information content (AvgIpc) is 2.93. The summed E-state index contributed by atoms with van der Waals surface area (Å²) in [5.74, 6) is 1.42. The number of nitrogens with zero attached hydrogens (tertiary/aromatic N) is 1. The van der Waals surface area contributed by atoms with Crippen LogP contribution in [0.4, 0.5) is 0 Å². The van der Waals surface area contributed by atoms with E-state index in [4.69, 9.17) is 4.74 Å². The van der Waals surface area contributed by atoms with Crippen molar-refractivity contribution in [2.75, 3.05) is 20.7 Å². The van der Waals surface area contributed by atoms with E-state index in [1.807, 2.05) is 18.2 Å². The second kappa shape index (κ2) is 6.92. The van der Waals surface area contributed by atoms with Crippen molar-refractivity contribution in [3.05, 3.63) is 29.8 Å². The Labute approximate surface area is 116 Å². The molecule has 0 heterocycles. The molecule has 0 aromatic heterocycles. The van der Waals surface area contributed by atoms with Crippen molar-refractivity contribution in [1.29, 1.82) is 0 Å². The van der Waals surface area contributed by atoms with E-state index in [9.17, 15) is 5.11 Å². The Bertz CT molecular complexity index is 388. The monoisotopic (exact) mass is 263 g/mol. The lowest BCUT2D eigenvalue weighted by atomic mass is 10.0. The molecule has 1 aromatic carbocycles. The summed E-state index contributed by atoms with van der Waals surface area (Å²) in [5.41, 5.74) is 1.17. The first kappa shape index (κ1) is 14.4. The van der Waals surface area contributed by atoms with Gasteiger partial charge in [0.05, 0.1) is 13.2 Å². The van der Waals surface area contributed by atoms with Gasteiger partial charge in [0.2, 0.25) is 0 Å². The minimum absolute atomic E-state index is 0.192. The number of benzene rings is 1. The Morgan fingerprint density at radius 2 is 2.00 bits per heavy atom. The van der Waals surface area contributed by atoms with Gasteiger partial charge in [-0.2, -0.15) is 0 Å². The molecule has 1 fully saturated rings. The van der Waals surface area contributed by atoms with E-state index < -0.39 is 0 Å². The number of ether oxygens (including phenoxy) is 1. The van der Waals surface area contributed by atoms with Gasteiger partial charge >= 0.3 is 0 Å². The van der Waals surface area contributed by atoms with Crippen LogP contribution in [-0.4, -0.2) is 36.8 Å². The molecule has 0 aliphatic heterocycles. The fourth-order valence-corrected chi connectivity index (χ4v) is 3.00. The van der Waals surface area contributed by atoms with Gasteiger partial charge in [-0.05, 0) is 31.9 Å². The number of aliphatic hydroxyl groups is 1. The van der Waals surface area contributed by atoms with Gasteiger partial charge in [0.15, 0.2) is 0 Å². The van der Waals surface area contributed by atoms with Crippen LogP contribution in [0.15, 0.2) is 24.3 Å². The second-order valence-corrected chi connectivity index (χ2v) is 5.62. The molecular formula is C16H25NO2. The molecule has 0 radical (unpaired) electrons. The van der Waals surface area contributed by atoms with E-state index in [0.717, 1.165) is 18.8 Å². The highest BCUT2D eigenvalue weighted by atomic mass is 16.5. The average molecular weight is 263 g/mol. The Morgan fingerprint density at radius 1 is 1.32 bits per heavy atom. The molecule has 0 bridgehead atoms. The molecule has 0 saturated heterocycles. The molecular weight excluding hydrogens is 238 g/mol. The van der Waals surface area contributed by atoms with E-state index in [-0.39, 0.29) is 6.10 Å². The summed E-state index contributed by atoms with van der Waals surface area (Å²) in [4.78, 5) is 2.18. The summed E-state index contributed by atoms with van der Waals surface area (Å²) < 4.78 is 5.36. The van der Waals surface area contributed by atoms with Crippen LogP contribution in [0.5, 0.6) is 5.75 Å². The van der Waals surface area contributed by atoms with Gasteiger partial charge in [0, 0.05) is 18.7 Å². The maximum Gasteiger partial charge on any atom is 0.123 e. The maximum atomic E-state index is 10.3. The SMILES string of the molecule is COc1ccccc1CN(C)CC(O)C1CCCC1. The van der Waals surface area contributed by atoms with E-state index in [0.29, 0.717) is 5.92 Å². The number of para-hydroxylation sites is 1. The quantitative estimate of drug-likeness (QED) is 0.856. The first-order valence-corrected chi connectivity index (χ1v) is 7.19. The highest BCUT2D eigenvalue weighted by Gasteiger charge is 2.24. The summed E-state index contributed by atoms with van der Waals surface area (Å²) in [5, 5.41) is 10.3. The molecule has 1 atom stereocenters. The van der Waals surface area contributed by atoms with Gasteiger partial charge in [-0.15, -0.1) is 0 Å². The number of hydrogen-bond donors (Lipinski definition) is 1. The van der Waals surface area contributed by atoms with Crippen molar-refractivity contribution in [2.45, 2.75) is 38.3 Å². The van der Waals surface area contributed by atoms with Crippen LogP contribution >= 0.6 is 0 Å². The lowest BCUT2D eigenvalue weighted by molar-refractivity contribution is 0.0722. The van der Waals surface area contributed by atoms with Crippen molar-refractivity contribution < 1.29 is 9.84 Å². The summed E-state index contributed by atoms with van der Waals surface area (Å²) in [7, 11) is 3.76.